The van der Waals surface area contributed by atoms with Crippen LogP contribution in [0.5, 0.6) is 5.75 Å². The van der Waals surface area contributed by atoms with Crippen molar-refractivity contribution in [1.29, 1.82) is 0 Å². The second kappa shape index (κ2) is 8.66. The Labute approximate surface area is 155 Å². The van der Waals surface area contributed by atoms with Gasteiger partial charge in [0.15, 0.2) is 0 Å². The minimum Gasteiger partial charge on any atom is -0.491 e. The van der Waals surface area contributed by atoms with E-state index in [1.54, 1.807) is 0 Å². The summed E-state index contributed by atoms with van der Waals surface area (Å²) in [5.74, 6) is 0.388. The summed E-state index contributed by atoms with van der Waals surface area (Å²) in [7, 11) is 0. The minimum absolute atomic E-state index is 0.170. The second-order valence-electron chi connectivity index (χ2n) is 5.80. The average molecular weight is 365 g/mol. The van der Waals surface area contributed by atoms with Gasteiger partial charge in [0.25, 0.3) is 5.56 Å². The van der Waals surface area contributed by atoms with Crippen LogP contribution in [-0.2, 0) is 11.3 Å². The molecule has 0 radical (unpaired) electrons. The van der Waals surface area contributed by atoms with E-state index in [0.717, 1.165) is 21.4 Å². The molecule has 0 aliphatic carbocycles. The van der Waals surface area contributed by atoms with Crippen molar-refractivity contribution in [3.8, 4) is 16.9 Å². The Morgan fingerprint density at radius 2 is 1.74 bits per heavy atom. The standard InChI is InChI=1S/C20H19N3O4/c24-18-10-12-23(20(26)22-18)14-19(25)21-11-13-27-17-9-5-4-8-16(17)15-6-2-1-3-7-15/h1-10,12H,11,13-14H2,(H,21,25)(H,22,24,26). The maximum atomic E-state index is 11.9. The second-order valence-corrected chi connectivity index (χ2v) is 5.80. The number of nitrogens with one attached hydrogen (secondary N) is 2. The highest BCUT2D eigenvalue weighted by Gasteiger charge is 2.07. The predicted octanol–water partition coefficient (Wildman–Crippen LogP) is 1.40. The van der Waals surface area contributed by atoms with Gasteiger partial charge in [-0.25, -0.2) is 4.79 Å². The SMILES string of the molecule is O=C(Cn1ccc(=O)[nH]c1=O)NCCOc1ccccc1-c1ccccc1. The molecule has 0 fully saturated rings. The number of hydrogen-bond donors (Lipinski definition) is 2. The van der Waals surface area contributed by atoms with E-state index in [1.807, 2.05) is 54.6 Å². The number of nitrogens with zero attached hydrogens (tertiary/aromatic N) is 1. The zero-order valence-electron chi connectivity index (χ0n) is 14.6. The summed E-state index contributed by atoms with van der Waals surface area (Å²) in [6.07, 6.45) is 1.29. The molecule has 7 heteroatoms. The topological polar surface area (TPSA) is 93.2 Å². The minimum atomic E-state index is -0.620. The molecule has 1 heterocycles. The number of aromatic nitrogens is 2. The van der Waals surface area contributed by atoms with Crippen LogP contribution in [0.3, 0.4) is 0 Å². The summed E-state index contributed by atoms with van der Waals surface area (Å²) in [5.41, 5.74) is 0.909. The molecule has 0 aliphatic heterocycles. The van der Waals surface area contributed by atoms with Crippen LogP contribution < -0.4 is 21.3 Å². The normalized spacial score (nSPS) is 10.4. The van der Waals surface area contributed by atoms with Crippen molar-refractivity contribution in [3.05, 3.63) is 87.7 Å². The smallest absolute Gasteiger partial charge is 0.328 e. The lowest BCUT2D eigenvalue weighted by atomic mass is 10.1. The van der Waals surface area contributed by atoms with Gasteiger partial charge in [-0.05, 0) is 11.6 Å². The van der Waals surface area contributed by atoms with Crippen LogP contribution in [0.1, 0.15) is 0 Å². The molecule has 0 aliphatic rings. The Hall–Kier alpha value is -3.61. The number of rotatable bonds is 7. The zero-order chi connectivity index (χ0) is 19.1. The van der Waals surface area contributed by atoms with Crippen LogP contribution in [0.4, 0.5) is 0 Å². The molecular formula is C20H19N3O4. The van der Waals surface area contributed by atoms with E-state index in [-0.39, 0.29) is 19.1 Å². The maximum absolute atomic E-state index is 11.9. The number of benzene rings is 2. The molecule has 0 bridgehead atoms. The fourth-order valence-corrected chi connectivity index (χ4v) is 2.58. The van der Waals surface area contributed by atoms with Crippen LogP contribution in [0.2, 0.25) is 0 Å². The molecule has 138 valence electrons. The van der Waals surface area contributed by atoms with Crippen LogP contribution in [0.15, 0.2) is 76.4 Å². The van der Waals surface area contributed by atoms with Crippen molar-refractivity contribution in [2.75, 3.05) is 13.2 Å². The van der Waals surface area contributed by atoms with Crippen molar-refractivity contribution in [3.63, 3.8) is 0 Å². The summed E-state index contributed by atoms with van der Waals surface area (Å²) in [5, 5.41) is 2.69. The highest BCUT2D eigenvalue weighted by molar-refractivity contribution is 5.75. The fraction of sp³-hybridized carbons (Fsp3) is 0.150. The van der Waals surface area contributed by atoms with Gasteiger partial charge < -0.3 is 10.1 Å². The summed E-state index contributed by atoms with van der Waals surface area (Å²) >= 11 is 0. The van der Waals surface area contributed by atoms with Gasteiger partial charge in [0, 0.05) is 17.8 Å². The average Bonchev–Trinajstić information content (AvgIpc) is 2.68. The molecular weight excluding hydrogens is 346 g/mol. The molecule has 3 aromatic rings. The van der Waals surface area contributed by atoms with Crippen LogP contribution >= 0.6 is 0 Å². The third-order valence-electron chi connectivity index (χ3n) is 3.86. The number of carbonyl (C=O) groups excluding carboxylic acids is 1. The molecule has 2 aromatic carbocycles. The van der Waals surface area contributed by atoms with Crippen molar-refractivity contribution in [2.45, 2.75) is 6.54 Å². The van der Waals surface area contributed by atoms with Crippen LogP contribution in [0, 0.1) is 0 Å². The molecule has 1 amide bonds. The van der Waals surface area contributed by atoms with Gasteiger partial charge in [-0.1, -0.05) is 48.5 Å². The molecule has 2 N–H and O–H groups in total. The van der Waals surface area contributed by atoms with E-state index >= 15 is 0 Å². The van der Waals surface area contributed by atoms with Gasteiger partial charge in [0.2, 0.25) is 5.91 Å². The molecule has 7 nitrogen and oxygen atoms in total. The Kier molecular flexibility index (Phi) is 5.84. The lowest BCUT2D eigenvalue weighted by Gasteiger charge is -2.12. The molecule has 0 saturated heterocycles. The van der Waals surface area contributed by atoms with Gasteiger partial charge in [-0.15, -0.1) is 0 Å². The summed E-state index contributed by atoms with van der Waals surface area (Å²) in [4.78, 5) is 36.6. The van der Waals surface area contributed by atoms with Gasteiger partial charge in [-0.2, -0.15) is 0 Å². The van der Waals surface area contributed by atoms with Crippen molar-refractivity contribution in [1.82, 2.24) is 14.9 Å². The number of hydrogen-bond acceptors (Lipinski definition) is 4. The first-order chi connectivity index (χ1) is 13.1. The van der Waals surface area contributed by atoms with E-state index in [1.165, 1.54) is 12.3 Å². The van der Waals surface area contributed by atoms with E-state index in [9.17, 15) is 14.4 Å². The van der Waals surface area contributed by atoms with Crippen molar-refractivity contribution >= 4 is 5.91 Å². The Morgan fingerprint density at radius 1 is 1.00 bits per heavy atom. The number of H-pyrrole nitrogens is 1. The van der Waals surface area contributed by atoms with Gasteiger partial charge in [-0.3, -0.25) is 19.1 Å². The van der Waals surface area contributed by atoms with E-state index in [0.29, 0.717) is 6.54 Å². The Balaban J connectivity index is 1.53. The van der Waals surface area contributed by atoms with Crippen molar-refractivity contribution < 1.29 is 9.53 Å². The van der Waals surface area contributed by atoms with E-state index in [4.69, 9.17) is 4.74 Å². The first kappa shape index (κ1) is 18.2. The monoisotopic (exact) mass is 365 g/mol. The third kappa shape index (κ3) is 4.94. The molecule has 27 heavy (non-hydrogen) atoms. The number of para-hydroxylation sites is 1. The van der Waals surface area contributed by atoms with Crippen LogP contribution in [-0.4, -0.2) is 28.6 Å². The van der Waals surface area contributed by atoms with Crippen molar-refractivity contribution in [2.24, 2.45) is 0 Å². The molecule has 0 saturated carbocycles. The first-order valence-corrected chi connectivity index (χ1v) is 8.47. The highest BCUT2D eigenvalue weighted by Crippen LogP contribution is 2.29. The summed E-state index contributed by atoms with van der Waals surface area (Å²) in [6, 6.07) is 18.8. The summed E-state index contributed by atoms with van der Waals surface area (Å²) < 4.78 is 6.93. The largest absolute Gasteiger partial charge is 0.491 e. The summed E-state index contributed by atoms with van der Waals surface area (Å²) in [6.45, 7) is 0.409. The third-order valence-corrected chi connectivity index (χ3v) is 3.86. The lowest BCUT2D eigenvalue weighted by molar-refractivity contribution is -0.121. The lowest BCUT2D eigenvalue weighted by Crippen LogP contribution is -2.36. The molecule has 0 unspecified atom stereocenters. The number of carbonyl (C=O) groups is 1. The predicted molar refractivity (Wildman–Crippen MR) is 102 cm³/mol. The first-order valence-electron chi connectivity index (χ1n) is 8.47. The quantitative estimate of drug-likeness (QED) is 0.619. The molecule has 1 aromatic heterocycles. The fourth-order valence-electron chi connectivity index (χ4n) is 2.58. The maximum Gasteiger partial charge on any atom is 0.328 e. The number of ether oxygens (including phenoxy) is 1. The molecule has 0 atom stereocenters. The number of aromatic amines is 1. The van der Waals surface area contributed by atoms with Gasteiger partial charge in [0.05, 0.1) is 6.54 Å². The molecule has 0 spiro atoms. The Bertz CT molecular complexity index is 1020. The van der Waals surface area contributed by atoms with E-state index in [2.05, 4.69) is 10.3 Å². The number of amides is 1. The van der Waals surface area contributed by atoms with Crippen LogP contribution in [0.25, 0.3) is 11.1 Å². The zero-order valence-corrected chi connectivity index (χ0v) is 14.6. The van der Waals surface area contributed by atoms with Gasteiger partial charge in [0.1, 0.15) is 18.9 Å². The van der Waals surface area contributed by atoms with Gasteiger partial charge >= 0.3 is 5.69 Å². The Morgan fingerprint density at radius 3 is 2.52 bits per heavy atom. The van der Waals surface area contributed by atoms with E-state index < -0.39 is 11.2 Å². The molecule has 3 rings (SSSR count). The highest BCUT2D eigenvalue weighted by atomic mass is 16.5.